The molecule has 1 aliphatic rings. The van der Waals surface area contributed by atoms with Gasteiger partial charge >= 0.3 is 0 Å². The van der Waals surface area contributed by atoms with Crippen molar-refractivity contribution in [1.29, 1.82) is 0 Å². The summed E-state index contributed by atoms with van der Waals surface area (Å²) in [5.41, 5.74) is 0. The van der Waals surface area contributed by atoms with Gasteiger partial charge in [0, 0.05) is 19.6 Å². The molecule has 0 radical (unpaired) electrons. The average Bonchev–Trinajstić information content (AvgIpc) is 3.08. The van der Waals surface area contributed by atoms with Gasteiger partial charge in [0.25, 0.3) is 0 Å². The first kappa shape index (κ1) is 16.9. The second kappa shape index (κ2) is 8.21. The van der Waals surface area contributed by atoms with Crippen LogP contribution in [0.1, 0.15) is 12.8 Å². The van der Waals surface area contributed by atoms with E-state index < -0.39 is 6.10 Å². The number of ether oxygens (including phenoxy) is 1. The molecule has 130 valence electrons. The summed E-state index contributed by atoms with van der Waals surface area (Å²) < 4.78 is 20.2. The maximum absolute atomic E-state index is 12.8. The van der Waals surface area contributed by atoms with Gasteiger partial charge in [0.05, 0.1) is 0 Å². The van der Waals surface area contributed by atoms with Gasteiger partial charge in [-0.25, -0.2) is 9.37 Å². The highest BCUT2D eigenvalue weighted by atomic mass is 19.1. The third-order valence-electron chi connectivity index (χ3n) is 4.24. The van der Waals surface area contributed by atoms with Gasteiger partial charge in [-0.05, 0) is 49.6 Å². The second-order valence-electron chi connectivity index (χ2n) is 6.30. The van der Waals surface area contributed by atoms with E-state index in [-0.39, 0.29) is 12.4 Å². The lowest BCUT2D eigenvalue weighted by Gasteiger charge is -2.33. The maximum Gasteiger partial charge on any atom is 0.137 e. The van der Waals surface area contributed by atoms with Crippen molar-refractivity contribution < 1.29 is 14.2 Å². The Kier molecular flexibility index (Phi) is 5.77. The predicted molar refractivity (Wildman–Crippen MR) is 87.1 cm³/mol. The van der Waals surface area contributed by atoms with Gasteiger partial charge in [0.2, 0.25) is 0 Å². The van der Waals surface area contributed by atoms with Crippen LogP contribution in [0.15, 0.2) is 36.9 Å². The monoisotopic (exact) mass is 334 g/mol. The fourth-order valence-electron chi connectivity index (χ4n) is 3.13. The molecule has 7 heteroatoms. The van der Waals surface area contributed by atoms with Crippen LogP contribution in [0.4, 0.5) is 4.39 Å². The molecule has 2 aromatic rings. The number of nitrogens with zero attached hydrogens (tertiary/aromatic N) is 4. The number of benzene rings is 1. The second-order valence-corrected chi connectivity index (χ2v) is 6.30. The molecule has 2 atom stereocenters. The Morgan fingerprint density at radius 1 is 1.33 bits per heavy atom. The van der Waals surface area contributed by atoms with E-state index >= 15 is 0 Å². The van der Waals surface area contributed by atoms with Gasteiger partial charge < -0.3 is 14.7 Å². The van der Waals surface area contributed by atoms with Crippen LogP contribution in [0.3, 0.4) is 0 Å². The molecule has 6 nitrogen and oxygen atoms in total. The molecule has 1 aliphatic heterocycles. The third kappa shape index (κ3) is 5.01. The average molecular weight is 334 g/mol. The van der Waals surface area contributed by atoms with Gasteiger partial charge in [-0.3, -0.25) is 4.68 Å². The highest BCUT2D eigenvalue weighted by Crippen LogP contribution is 2.18. The van der Waals surface area contributed by atoms with Crippen molar-refractivity contribution in [2.24, 2.45) is 5.92 Å². The summed E-state index contributed by atoms with van der Waals surface area (Å²) in [6.07, 6.45) is 5.01. The van der Waals surface area contributed by atoms with Gasteiger partial charge in [-0.15, -0.1) is 0 Å². The molecule has 1 N–H and O–H groups in total. The molecule has 0 unspecified atom stereocenters. The van der Waals surface area contributed by atoms with Crippen LogP contribution in [-0.4, -0.2) is 57.1 Å². The van der Waals surface area contributed by atoms with Crippen LogP contribution >= 0.6 is 0 Å². The topological polar surface area (TPSA) is 63.4 Å². The lowest BCUT2D eigenvalue weighted by molar-refractivity contribution is 0.0494. The van der Waals surface area contributed by atoms with E-state index in [1.807, 2.05) is 4.68 Å². The number of aromatic nitrogens is 3. The van der Waals surface area contributed by atoms with Gasteiger partial charge in [0.1, 0.15) is 36.9 Å². The third-order valence-corrected chi connectivity index (χ3v) is 4.24. The lowest BCUT2D eigenvalue weighted by atomic mass is 9.98. The number of β-amino-alcohol motifs (C(OH)–C–C–N with tert-alkyl or cyclic N) is 1. The molecular weight excluding hydrogens is 311 g/mol. The Labute approximate surface area is 140 Å². The number of hydrogen-bond acceptors (Lipinski definition) is 5. The van der Waals surface area contributed by atoms with Gasteiger partial charge in [-0.1, -0.05) is 0 Å². The lowest BCUT2D eigenvalue weighted by Crippen LogP contribution is -2.42. The SMILES string of the molecule is O[C@@H](COc1ccc(F)cc1)CN1CCC[C@@H](Cn2cncn2)C1. The summed E-state index contributed by atoms with van der Waals surface area (Å²) in [5, 5.41) is 14.3. The van der Waals surface area contributed by atoms with E-state index in [2.05, 4.69) is 15.0 Å². The number of halogens is 1. The fourth-order valence-corrected chi connectivity index (χ4v) is 3.13. The zero-order chi connectivity index (χ0) is 16.8. The van der Waals surface area contributed by atoms with E-state index in [0.29, 0.717) is 18.2 Å². The first-order valence-electron chi connectivity index (χ1n) is 8.30. The van der Waals surface area contributed by atoms with E-state index in [4.69, 9.17) is 4.74 Å². The molecule has 0 saturated carbocycles. The Morgan fingerprint density at radius 3 is 2.92 bits per heavy atom. The zero-order valence-electron chi connectivity index (χ0n) is 13.6. The minimum absolute atomic E-state index is 0.204. The van der Waals surface area contributed by atoms with Crippen LogP contribution in [0, 0.1) is 11.7 Å². The number of aliphatic hydroxyl groups excluding tert-OH is 1. The smallest absolute Gasteiger partial charge is 0.137 e. The van der Waals surface area contributed by atoms with E-state index in [1.54, 1.807) is 24.8 Å². The van der Waals surface area contributed by atoms with Gasteiger partial charge in [0.15, 0.2) is 0 Å². The van der Waals surface area contributed by atoms with Crippen molar-refractivity contribution in [2.45, 2.75) is 25.5 Å². The molecule has 0 bridgehead atoms. The molecule has 1 aromatic heterocycles. The number of likely N-dealkylation sites (tertiary alicyclic amines) is 1. The quantitative estimate of drug-likeness (QED) is 0.833. The van der Waals surface area contributed by atoms with Crippen LogP contribution in [-0.2, 0) is 6.54 Å². The van der Waals surface area contributed by atoms with Crippen molar-refractivity contribution in [3.63, 3.8) is 0 Å². The molecule has 2 heterocycles. The molecular formula is C17H23FN4O2. The molecule has 3 rings (SSSR count). The van der Waals surface area contributed by atoms with Crippen LogP contribution in [0.2, 0.25) is 0 Å². The van der Waals surface area contributed by atoms with E-state index in [0.717, 1.165) is 26.1 Å². The molecule has 1 aromatic carbocycles. The van der Waals surface area contributed by atoms with E-state index in [1.165, 1.54) is 18.6 Å². The molecule has 24 heavy (non-hydrogen) atoms. The predicted octanol–water partition coefficient (Wildman–Crippen LogP) is 1.57. The zero-order valence-corrected chi connectivity index (χ0v) is 13.6. The highest BCUT2D eigenvalue weighted by molar-refractivity contribution is 5.22. The van der Waals surface area contributed by atoms with Gasteiger partial charge in [-0.2, -0.15) is 5.10 Å². The Hall–Kier alpha value is -1.99. The Bertz CT molecular complexity index is 606. The Balaban J connectivity index is 1.41. The summed E-state index contributed by atoms with van der Waals surface area (Å²) in [4.78, 5) is 6.24. The number of aliphatic hydroxyl groups is 1. The minimum atomic E-state index is -0.569. The Morgan fingerprint density at radius 2 is 2.17 bits per heavy atom. The first-order chi connectivity index (χ1) is 11.7. The van der Waals surface area contributed by atoms with E-state index in [9.17, 15) is 9.50 Å². The van der Waals surface area contributed by atoms with Crippen LogP contribution in [0.5, 0.6) is 5.75 Å². The summed E-state index contributed by atoms with van der Waals surface area (Å²) in [7, 11) is 0. The van der Waals surface area contributed by atoms with Crippen molar-refractivity contribution in [2.75, 3.05) is 26.2 Å². The largest absolute Gasteiger partial charge is 0.491 e. The number of rotatable bonds is 7. The summed E-state index contributed by atoms with van der Waals surface area (Å²) in [6.45, 7) is 3.57. The van der Waals surface area contributed by atoms with Crippen LogP contribution < -0.4 is 4.74 Å². The normalized spacial score (nSPS) is 20.0. The van der Waals surface area contributed by atoms with Crippen molar-refractivity contribution >= 4 is 0 Å². The molecule has 0 aliphatic carbocycles. The van der Waals surface area contributed by atoms with Crippen molar-refractivity contribution in [3.05, 3.63) is 42.7 Å². The number of piperidine rings is 1. The molecule has 0 spiro atoms. The highest BCUT2D eigenvalue weighted by Gasteiger charge is 2.22. The number of hydrogen-bond donors (Lipinski definition) is 1. The molecule has 1 fully saturated rings. The minimum Gasteiger partial charge on any atom is -0.491 e. The summed E-state index contributed by atoms with van der Waals surface area (Å²) in [5.74, 6) is 0.790. The fraction of sp³-hybridized carbons (Fsp3) is 0.529. The van der Waals surface area contributed by atoms with Crippen LogP contribution in [0.25, 0.3) is 0 Å². The standard InChI is InChI=1S/C17H23FN4O2/c18-15-3-5-17(6-4-15)24-11-16(23)10-21-7-1-2-14(8-21)9-22-13-19-12-20-22/h3-6,12-14,16,23H,1-2,7-11H2/t14-,16-/m1/s1. The summed E-state index contributed by atoms with van der Waals surface area (Å²) >= 11 is 0. The van der Waals surface area contributed by atoms with Crippen molar-refractivity contribution in [1.82, 2.24) is 19.7 Å². The van der Waals surface area contributed by atoms with Crippen molar-refractivity contribution in [3.8, 4) is 5.75 Å². The molecule has 0 amide bonds. The first-order valence-corrected chi connectivity index (χ1v) is 8.30. The molecule has 1 saturated heterocycles. The summed E-state index contributed by atoms with van der Waals surface area (Å²) in [6, 6.07) is 5.83. The maximum atomic E-state index is 12.8.